The maximum absolute atomic E-state index is 12.5. The Bertz CT molecular complexity index is 431. The molecule has 0 bridgehead atoms. The lowest BCUT2D eigenvalue weighted by Gasteiger charge is -2.29. The van der Waals surface area contributed by atoms with Gasteiger partial charge in [0.2, 0.25) is 5.91 Å². The minimum atomic E-state index is -0.307. The van der Waals surface area contributed by atoms with Gasteiger partial charge >= 0.3 is 6.03 Å². The van der Waals surface area contributed by atoms with Gasteiger partial charge in [-0.15, -0.1) is 0 Å². The van der Waals surface area contributed by atoms with E-state index in [4.69, 9.17) is 4.74 Å². The highest BCUT2D eigenvalue weighted by Gasteiger charge is 2.34. The first-order chi connectivity index (χ1) is 11.7. The Morgan fingerprint density at radius 2 is 1.83 bits per heavy atom. The fourth-order valence-electron chi connectivity index (χ4n) is 4.13. The number of hydrogen-bond acceptors (Lipinski definition) is 3. The summed E-state index contributed by atoms with van der Waals surface area (Å²) in [6.07, 6.45) is 10.8. The smallest absolute Gasteiger partial charge is 0.318 e. The van der Waals surface area contributed by atoms with Crippen LogP contribution < -0.4 is 10.6 Å². The standard InChI is InChI=1S/C18H31N3O3/c22-17(19-11-10-15-8-5-13-24-15)16-9-4-12-21(16)18(23)20-14-6-2-1-3-7-14/h14-16H,1-13H2,(H,19,22)(H,20,23)/t15-,16-/m0/s1. The maximum Gasteiger partial charge on any atom is 0.318 e. The van der Waals surface area contributed by atoms with Gasteiger partial charge in [0.15, 0.2) is 0 Å². The Labute approximate surface area is 144 Å². The van der Waals surface area contributed by atoms with Crippen LogP contribution in [0.2, 0.25) is 0 Å². The van der Waals surface area contributed by atoms with E-state index in [0.717, 1.165) is 51.6 Å². The average Bonchev–Trinajstić information content (AvgIpc) is 3.27. The Kier molecular flexibility index (Phi) is 6.35. The summed E-state index contributed by atoms with van der Waals surface area (Å²) < 4.78 is 5.58. The van der Waals surface area contributed by atoms with E-state index >= 15 is 0 Å². The molecule has 2 atom stereocenters. The van der Waals surface area contributed by atoms with Crippen LogP contribution in [0, 0.1) is 0 Å². The van der Waals surface area contributed by atoms with Gasteiger partial charge in [-0.1, -0.05) is 19.3 Å². The second-order valence-corrected chi connectivity index (χ2v) is 7.35. The van der Waals surface area contributed by atoms with Crippen molar-refractivity contribution in [2.75, 3.05) is 19.7 Å². The lowest BCUT2D eigenvalue weighted by molar-refractivity contribution is -0.124. The number of carbonyl (C=O) groups excluding carboxylic acids is 2. The number of nitrogens with zero attached hydrogens (tertiary/aromatic N) is 1. The van der Waals surface area contributed by atoms with E-state index in [1.54, 1.807) is 4.90 Å². The minimum Gasteiger partial charge on any atom is -0.378 e. The number of carbonyl (C=O) groups is 2. The molecule has 2 heterocycles. The van der Waals surface area contributed by atoms with Crippen LogP contribution in [-0.2, 0) is 9.53 Å². The van der Waals surface area contributed by atoms with Gasteiger partial charge < -0.3 is 20.3 Å². The van der Waals surface area contributed by atoms with Crippen LogP contribution in [0.15, 0.2) is 0 Å². The second kappa shape index (κ2) is 8.70. The summed E-state index contributed by atoms with van der Waals surface area (Å²) in [5.74, 6) is -0.00992. The zero-order valence-electron chi connectivity index (χ0n) is 14.6. The third-order valence-electron chi connectivity index (χ3n) is 5.54. The Hall–Kier alpha value is -1.30. The predicted molar refractivity (Wildman–Crippen MR) is 91.7 cm³/mol. The fourth-order valence-corrected chi connectivity index (χ4v) is 4.13. The number of amides is 3. The molecule has 136 valence electrons. The van der Waals surface area contributed by atoms with E-state index in [0.29, 0.717) is 19.2 Å². The molecule has 3 fully saturated rings. The third-order valence-corrected chi connectivity index (χ3v) is 5.54. The van der Waals surface area contributed by atoms with Crippen molar-refractivity contribution in [2.45, 2.75) is 82.4 Å². The van der Waals surface area contributed by atoms with Crippen LogP contribution in [0.3, 0.4) is 0 Å². The summed E-state index contributed by atoms with van der Waals surface area (Å²) in [5, 5.41) is 6.13. The van der Waals surface area contributed by atoms with E-state index < -0.39 is 0 Å². The molecule has 3 amide bonds. The molecular formula is C18H31N3O3. The van der Waals surface area contributed by atoms with Gasteiger partial charge in [-0.25, -0.2) is 4.79 Å². The number of rotatable bonds is 5. The van der Waals surface area contributed by atoms with Gasteiger partial charge in [0.25, 0.3) is 0 Å². The van der Waals surface area contributed by atoms with Gasteiger partial charge in [-0.3, -0.25) is 4.79 Å². The average molecular weight is 337 g/mol. The van der Waals surface area contributed by atoms with Crippen LogP contribution in [0.1, 0.15) is 64.2 Å². The minimum absolute atomic E-state index is 0.00992. The molecule has 6 nitrogen and oxygen atoms in total. The zero-order chi connectivity index (χ0) is 16.8. The highest BCUT2D eigenvalue weighted by Crippen LogP contribution is 2.21. The fraction of sp³-hybridized carbons (Fsp3) is 0.889. The van der Waals surface area contributed by atoms with Gasteiger partial charge in [-0.05, 0) is 44.9 Å². The van der Waals surface area contributed by atoms with Crippen molar-refractivity contribution in [1.29, 1.82) is 0 Å². The van der Waals surface area contributed by atoms with Crippen molar-refractivity contribution in [3.05, 3.63) is 0 Å². The van der Waals surface area contributed by atoms with Crippen LogP contribution >= 0.6 is 0 Å². The largest absolute Gasteiger partial charge is 0.378 e. The van der Waals surface area contributed by atoms with Crippen molar-refractivity contribution in [1.82, 2.24) is 15.5 Å². The van der Waals surface area contributed by atoms with E-state index in [9.17, 15) is 9.59 Å². The van der Waals surface area contributed by atoms with E-state index in [1.165, 1.54) is 19.3 Å². The van der Waals surface area contributed by atoms with Gasteiger partial charge in [-0.2, -0.15) is 0 Å². The number of likely N-dealkylation sites (tertiary alicyclic amines) is 1. The number of nitrogens with one attached hydrogen (secondary N) is 2. The van der Waals surface area contributed by atoms with Crippen molar-refractivity contribution in [2.24, 2.45) is 0 Å². The lowest BCUT2D eigenvalue weighted by Crippen LogP contribution is -2.52. The van der Waals surface area contributed by atoms with E-state index in [-0.39, 0.29) is 24.0 Å². The van der Waals surface area contributed by atoms with Crippen molar-refractivity contribution >= 4 is 11.9 Å². The molecule has 0 aromatic heterocycles. The van der Waals surface area contributed by atoms with E-state index in [2.05, 4.69) is 10.6 Å². The summed E-state index contributed by atoms with van der Waals surface area (Å²) in [5.41, 5.74) is 0. The van der Waals surface area contributed by atoms with Crippen LogP contribution in [-0.4, -0.2) is 54.7 Å². The lowest BCUT2D eigenvalue weighted by atomic mass is 9.96. The molecule has 0 spiro atoms. The molecule has 0 aromatic carbocycles. The van der Waals surface area contributed by atoms with Crippen molar-refractivity contribution in [3.8, 4) is 0 Å². The molecule has 24 heavy (non-hydrogen) atoms. The Morgan fingerprint density at radius 3 is 2.58 bits per heavy atom. The summed E-state index contributed by atoms with van der Waals surface area (Å²) in [6.45, 7) is 2.16. The summed E-state index contributed by atoms with van der Waals surface area (Å²) >= 11 is 0. The van der Waals surface area contributed by atoms with Crippen LogP contribution in [0.4, 0.5) is 4.79 Å². The first kappa shape index (κ1) is 17.5. The summed E-state index contributed by atoms with van der Waals surface area (Å²) in [4.78, 5) is 26.7. The molecule has 2 saturated heterocycles. The normalized spacial score (nSPS) is 28.1. The molecule has 0 unspecified atom stereocenters. The zero-order valence-corrected chi connectivity index (χ0v) is 14.6. The predicted octanol–water partition coefficient (Wildman–Crippen LogP) is 2.18. The second-order valence-electron chi connectivity index (χ2n) is 7.35. The highest BCUT2D eigenvalue weighted by atomic mass is 16.5. The van der Waals surface area contributed by atoms with Crippen LogP contribution in [0.5, 0.6) is 0 Å². The van der Waals surface area contributed by atoms with Gasteiger partial charge in [0, 0.05) is 25.7 Å². The van der Waals surface area contributed by atoms with Gasteiger partial charge in [0.1, 0.15) is 6.04 Å². The van der Waals surface area contributed by atoms with Crippen molar-refractivity contribution in [3.63, 3.8) is 0 Å². The molecule has 2 N–H and O–H groups in total. The molecule has 0 radical (unpaired) electrons. The first-order valence-corrected chi connectivity index (χ1v) is 9.70. The topological polar surface area (TPSA) is 70.7 Å². The quantitative estimate of drug-likeness (QED) is 0.808. The molecule has 2 aliphatic heterocycles. The summed E-state index contributed by atoms with van der Waals surface area (Å²) in [7, 11) is 0. The maximum atomic E-state index is 12.5. The number of urea groups is 1. The summed E-state index contributed by atoms with van der Waals surface area (Å²) in [6, 6.07) is -0.0770. The van der Waals surface area contributed by atoms with Crippen molar-refractivity contribution < 1.29 is 14.3 Å². The SMILES string of the molecule is O=C(NCC[C@@H]1CCCO1)[C@@H]1CCCN1C(=O)NC1CCCCC1. The number of ether oxygens (including phenoxy) is 1. The van der Waals surface area contributed by atoms with E-state index in [1.807, 2.05) is 0 Å². The molecule has 3 aliphatic rings. The monoisotopic (exact) mass is 337 g/mol. The Balaban J connectivity index is 1.42. The molecule has 1 aliphatic carbocycles. The third kappa shape index (κ3) is 4.62. The highest BCUT2D eigenvalue weighted by molar-refractivity contribution is 5.87. The molecule has 1 saturated carbocycles. The number of hydrogen-bond donors (Lipinski definition) is 2. The molecule has 0 aromatic rings. The van der Waals surface area contributed by atoms with Crippen LogP contribution in [0.25, 0.3) is 0 Å². The Morgan fingerprint density at radius 1 is 1.00 bits per heavy atom. The molecule has 6 heteroatoms. The first-order valence-electron chi connectivity index (χ1n) is 9.70. The molecule has 3 rings (SSSR count). The molecular weight excluding hydrogens is 306 g/mol. The van der Waals surface area contributed by atoms with Gasteiger partial charge in [0.05, 0.1) is 6.10 Å².